The molecular weight excluding hydrogens is 222 g/mol. The van der Waals surface area contributed by atoms with Gasteiger partial charge in [0.1, 0.15) is 0 Å². The standard InChI is InChI=1S/C16H19NO/c18-16(11-14-7-3-1-4-8-14)13-17-12-15-9-5-2-6-10-15/h1-10,16-18H,11-13H2/t16-/m1/s1. The Hall–Kier alpha value is -1.64. The first-order valence-corrected chi connectivity index (χ1v) is 6.31. The third-order valence-electron chi connectivity index (χ3n) is 2.87. The summed E-state index contributed by atoms with van der Waals surface area (Å²) in [5, 5.41) is 13.2. The van der Waals surface area contributed by atoms with Crippen molar-refractivity contribution < 1.29 is 5.11 Å². The van der Waals surface area contributed by atoms with Crippen LogP contribution in [0, 0.1) is 0 Å². The minimum atomic E-state index is -0.337. The molecule has 0 aliphatic carbocycles. The van der Waals surface area contributed by atoms with E-state index in [-0.39, 0.29) is 6.10 Å². The molecule has 2 nitrogen and oxygen atoms in total. The van der Waals surface area contributed by atoms with Crippen molar-refractivity contribution in [2.45, 2.75) is 19.1 Å². The monoisotopic (exact) mass is 241 g/mol. The van der Waals surface area contributed by atoms with Crippen LogP contribution in [0.2, 0.25) is 0 Å². The molecule has 2 aromatic carbocycles. The van der Waals surface area contributed by atoms with E-state index in [4.69, 9.17) is 0 Å². The number of rotatable bonds is 6. The van der Waals surface area contributed by atoms with Crippen LogP contribution in [0.4, 0.5) is 0 Å². The summed E-state index contributed by atoms with van der Waals surface area (Å²) in [5.74, 6) is 0. The lowest BCUT2D eigenvalue weighted by Crippen LogP contribution is -2.28. The van der Waals surface area contributed by atoms with Crippen molar-refractivity contribution in [2.75, 3.05) is 6.54 Å². The summed E-state index contributed by atoms with van der Waals surface area (Å²) in [6.45, 7) is 1.41. The van der Waals surface area contributed by atoms with E-state index in [2.05, 4.69) is 17.4 Å². The van der Waals surface area contributed by atoms with Crippen LogP contribution in [0.5, 0.6) is 0 Å². The average Bonchev–Trinajstić information content (AvgIpc) is 2.41. The number of hydrogen-bond acceptors (Lipinski definition) is 2. The van der Waals surface area contributed by atoms with Crippen LogP contribution >= 0.6 is 0 Å². The van der Waals surface area contributed by atoms with Gasteiger partial charge in [-0.15, -0.1) is 0 Å². The highest BCUT2D eigenvalue weighted by Crippen LogP contribution is 2.03. The predicted octanol–water partition coefficient (Wildman–Crippen LogP) is 2.38. The first kappa shape index (κ1) is 12.8. The van der Waals surface area contributed by atoms with Crippen molar-refractivity contribution in [1.82, 2.24) is 5.32 Å². The Labute approximate surface area is 108 Å². The van der Waals surface area contributed by atoms with E-state index in [0.29, 0.717) is 13.0 Å². The van der Waals surface area contributed by atoms with Crippen LogP contribution in [0.3, 0.4) is 0 Å². The van der Waals surface area contributed by atoms with E-state index in [1.807, 2.05) is 48.5 Å². The van der Waals surface area contributed by atoms with Gasteiger partial charge in [-0.2, -0.15) is 0 Å². The SMILES string of the molecule is O[C@@H](CNCc1ccccc1)Cc1ccccc1. The van der Waals surface area contributed by atoms with Crippen LogP contribution in [-0.2, 0) is 13.0 Å². The topological polar surface area (TPSA) is 32.3 Å². The Kier molecular flexibility index (Phi) is 4.94. The second-order valence-electron chi connectivity index (χ2n) is 4.46. The van der Waals surface area contributed by atoms with E-state index in [1.54, 1.807) is 0 Å². The van der Waals surface area contributed by atoms with Crippen molar-refractivity contribution in [3.05, 3.63) is 71.8 Å². The van der Waals surface area contributed by atoms with Gasteiger partial charge >= 0.3 is 0 Å². The lowest BCUT2D eigenvalue weighted by molar-refractivity contribution is 0.171. The second kappa shape index (κ2) is 6.94. The average molecular weight is 241 g/mol. The number of aliphatic hydroxyl groups excluding tert-OH is 1. The molecule has 18 heavy (non-hydrogen) atoms. The van der Waals surface area contributed by atoms with Gasteiger partial charge in [-0.25, -0.2) is 0 Å². The fraction of sp³-hybridized carbons (Fsp3) is 0.250. The number of hydrogen-bond donors (Lipinski definition) is 2. The third-order valence-corrected chi connectivity index (χ3v) is 2.87. The normalized spacial score (nSPS) is 12.3. The van der Waals surface area contributed by atoms with Gasteiger partial charge in [0.05, 0.1) is 6.10 Å². The second-order valence-corrected chi connectivity index (χ2v) is 4.46. The molecule has 2 heteroatoms. The summed E-state index contributed by atoms with van der Waals surface area (Å²) < 4.78 is 0. The van der Waals surface area contributed by atoms with Gasteiger partial charge in [-0.3, -0.25) is 0 Å². The number of nitrogens with one attached hydrogen (secondary N) is 1. The molecule has 0 aliphatic rings. The largest absolute Gasteiger partial charge is 0.391 e. The fourth-order valence-corrected chi connectivity index (χ4v) is 1.94. The van der Waals surface area contributed by atoms with Crippen LogP contribution in [-0.4, -0.2) is 17.8 Å². The molecule has 0 aromatic heterocycles. The maximum atomic E-state index is 9.92. The molecule has 94 valence electrons. The summed E-state index contributed by atoms with van der Waals surface area (Å²) in [6.07, 6.45) is 0.360. The maximum absolute atomic E-state index is 9.92. The van der Waals surface area contributed by atoms with E-state index < -0.39 is 0 Å². The molecule has 0 amide bonds. The number of benzene rings is 2. The van der Waals surface area contributed by atoms with E-state index in [1.165, 1.54) is 11.1 Å². The Morgan fingerprint density at radius 3 is 2.00 bits per heavy atom. The van der Waals surface area contributed by atoms with Gasteiger partial charge in [0.15, 0.2) is 0 Å². The van der Waals surface area contributed by atoms with Crippen molar-refractivity contribution in [3.8, 4) is 0 Å². The molecule has 0 fully saturated rings. The Bertz CT molecular complexity index is 441. The zero-order valence-corrected chi connectivity index (χ0v) is 10.4. The molecule has 2 aromatic rings. The van der Waals surface area contributed by atoms with Crippen LogP contribution in [0.25, 0.3) is 0 Å². The molecule has 2 rings (SSSR count). The molecule has 0 unspecified atom stereocenters. The van der Waals surface area contributed by atoms with E-state index in [9.17, 15) is 5.11 Å². The van der Waals surface area contributed by atoms with E-state index >= 15 is 0 Å². The summed E-state index contributed by atoms with van der Waals surface area (Å²) >= 11 is 0. The lowest BCUT2D eigenvalue weighted by Gasteiger charge is -2.12. The highest BCUT2D eigenvalue weighted by molar-refractivity contribution is 5.16. The summed E-state index contributed by atoms with van der Waals surface area (Å²) in [7, 11) is 0. The highest BCUT2D eigenvalue weighted by atomic mass is 16.3. The van der Waals surface area contributed by atoms with Crippen molar-refractivity contribution in [3.63, 3.8) is 0 Å². The van der Waals surface area contributed by atoms with Crippen LogP contribution in [0.1, 0.15) is 11.1 Å². The van der Waals surface area contributed by atoms with Gasteiger partial charge in [0.25, 0.3) is 0 Å². The lowest BCUT2D eigenvalue weighted by atomic mass is 10.1. The Balaban J connectivity index is 1.71. The maximum Gasteiger partial charge on any atom is 0.0704 e. The molecule has 0 spiro atoms. The molecule has 0 bridgehead atoms. The molecule has 0 heterocycles. The molecular formula is C16H19NO. The minimum Gasteiger partial charge on any atom is -0.391 e. The van der Waals surface area contributed by atoms with Crippen LogP contribution in [0.15, 0.2) is 60.7 Å². The molecule has 0 radical (unpaired) electrons. The third kappa shape index (κ3) is 4.32. The van der Waals surface area contributed by atoms with Crippen LogP contribution < -0.4 is 5.32 Å². The quantitative estimate of drug-likeness (QED) is 0.814. The molecule has 0 aliphatic heterocycles. The zero-order valence-electron chi connectivity index (χ0n) is 10.4. The first-order valence-electron chi connectivity index (χ1n) is 6.31. The minimum absolute atomic E-state index is 0.337. The molecule has 2 N–H and O–H groups in total. The highest BCUT2D eigenvalue weighted by Gasteiger charge is 2.04. The van der Waals surface area contributed by atoms with Gasteiger partial charge in [0, 0.05) is 13.1 Å². The summed E-state index contributed by atoms with van der Waals surface area (Å²) in [5.41, 5.74) is 2.41. The Morgan fingerprint density at radius 2 is 1.39 bits per heavy atom. The zero-order chi connectivity index (χ0) is 12.6. The summed E-state index contributed by atoms with van der Waals surface area (Å²) in [4.78, 5) is 0. The molecule has 0 saturated carbocycles. The van der Waals surface area contributed by atoms with Gasteiger partial charge in [-0.1, -0.05) is 60.7 Å². The fourth-order valence-electron chi connectivity index (χ4n) is 1.94. The van der Waals surface area contributed by atoms with Crippen molar-refractivity contribution in [2.24, 2.45) is 0 Å². The summed E-state index contributed by atoms with van der Waals surface area (Å²) in [6, 6.07) is 20.3. The van der Waals surface area contributed by atoms with Gasteiger partial charge in [0.2, 0.25) is 0 Å². The molecule has 1 atom stereocenters. The predicted molar refractivity (Wildman–Crippen MR) is 74.3 cm³/mol. The van der Waals surface area contributed by atoms with E-state index in [0.717, 1.165) is 6.54 Å². The van der Waals surface area contributed by atoms with Crippen molar-refractivity contribution >= 4 is 0 Å². The van der Waals surface area contributed by atoms with Crippen molar-refractivity contribution in [1.29, 1.82) is 0 Å². The van der Waals surface area contributed by atoms with Gasteiger partial charge < -0.3 is 10.4 Å². The Morgan fingerprint density at radius 1 is 0.833 bits per heavy atom. The van der Waals surface area contributed by atoms with Gasteiger partial charge in [-0.05, 0) is 17.5 Å². The number of aliphatic hydroxyl groups is 1. The smallest absolute Gasteiger partial charge is 0.0704 e. The molecule has 0 saturated heterocycles. The first-order chi connectivity index (χ1) is 8.84.